The van der Waals surface area contributed by atoms with Crippen molar-refractivity contribution in [2.24, 2.45) is 0 Å². The van der Waals surface area contributed by atoms with Crippen molar-refractivity contribution in [1.82, 2.24) is 20.0 Å². The van der Waals surface area contributed by atoms with Crippen LogP contribution in [0.4, 0.5) is 5.69 Å². The van der Waals surface area contributed by atoms with Gasteiger partial charge in [-0.2, -0.15) is 5.10 Å². The molecule has 24 heavy (non-hydrogen) atoms. The van der Waals surface area contributed by atoms with Gasteiger partial charge in [-0.15, -0.1) is 0 Å². The van der Waals surface area contributed by atoms with Crippen molar-refractivity contribution in [2.45, 2.75) is 64.6 Å². The highest BCUT2D eigenvalue weighted by molar-refractivity contribution is 5.84. The standard InChI is InChI=1S/C17H29N5O2/c1-4-22(15-8-6-5-7-9-15)17(24)13(2)20-14-10-19-21(11-14)12-16(23)18-3/h10-11,13,15,20H,4-9,12H2,1-3H3,(H,18,23)/t13-/m0/s1. The number of amides is 2. The number of hydrogen-bond acceptors (Lipinski definition) is 4. The normalized spacial score (nSPS) is 16.5. The molecule has 1 saturated carbocycles. The number of hydrogen-bond donors (Lipinski definition) is 2. The van der Waals surface area contributed by atoms with Crippen LogP contribution in [0.1, 0.15) is 46.0 Å². The lowest BCUT2D eigenvalue weighted by Crippen LogP contribution is -2.47. The Morgan fingerprint density at radius 1 is 1.38 bits per heavy atom. The Balaban J connectivity index is 1.93. The molecule has 134 valence electrons. The summed E-state index contributed by atoms with van der Waals surface area (Å²) in [7, 11) is 1.59. The first-order valence-corrected chi connectivity index (χ1v) is 8.85. The predicted molar refractivity (Wildman–Crippen MR) is 93.6 cm³/mol. The molecule has 2 N–H and O–H groups in total. The molecule has 0 saturated heterocycles. The maximum atomic E-state index is 12.8. The SMILES string of the molecule is CCN(C(=O)[C@H](C)Nc1cnn(CC(=O)NC)c1)C1CCCCC1. The highest BCUT2D eigenvalue weighted by Crippen LogP contribution is 2.23. The summed E-state index contributed by atoms with van der Waals surface area (Å²) in [5.41, 5.74) is 0.749. The molecular weight excluding hydrogens is 306 g/mol. The highest BCUT2D eigenvalue weighted by atomic mass is 16.2. The van der Waals surface area contributed by atoms with E-state index in [4.69, 9.17) is 0 Å². The zero-order chi connectivity index (χ0) is 17.5. The zero-order valence-corrected chi connectivity index (χ0v) is 14.9. The summed E-state index contributed by atoms with van der Waals surface area (Å²) < 4.78 is 1.55. The molecule has 2 rings (SSSR count). The van der Waals surface area contributed by atoms with E-state index in [0.29, 0.717) is 6.04 Å². The van der Waals surface area contributed by atoms with Gasteiger partial charge in [-0.1, -0.05) is 19.3 Å². The second kappa shape index (κ2) is 8.70. The number of carbonyl (C=O) groups is 2. The maximum absolute atomic E-state index is 12.8. The molecule has 1 fully saturated rings. The summed E-state index contributed by atoms with van der Waals surface area (Å²) in [4.78, 5) is 26.2. The van der Waals surface area contributed by atoms with Crippen LogP contribution in [0.2, 0.25) is 0 Å². The molecule has 7 nitrogen and oxygen atoms in total. The first-order chi connectivity index (χ1) is 11.5. The minimum Gasteiger partial charge on any atom is -0.371 e. The molecule has 7 heteroatoms. The minimum absolute atomic E-state index is 0.108. The van der Waals surface area contributed by atoms with E-state index in [0.717, 1.165) is 25.1 Å². The summed E-state index contributed by atoms with van der Waals surface area (Å²) in [6.45, 7) is 4.83. The third kappa shape index (κ3) is 4.72. The molecule has 0 bridgehead atoms. The number of aromatic nitrogens is 2. The Labute approximate surface area is 143 Å². The topological polar surface area (TPSA) is 79.3 Å². The van der Waals surface area contributed by atoms with E-state index in [9.17, 15) is 9.59 Å². The van der Waals surface area contributed by atoms with Crippen LogP contribution in [-0.4, -0.2) is 52.2 Å². The number of nitrogens with zero attached hydrogens (tertiary/aromatic N) is 3. The van der Waals surface area contributed by atoms with Gasteiger partial charge in [0.1, 0.15) is 12.6 Å². The fourth-order valence-corrected chi connectivity index (χ4v) is 3.30. The molecule has 0 radical (unpaired) electrons. The van der Waals surface area contributed by atoms with Crippen LogP contribution < -0.4 is 10.6 Å². The first-order valence-electron chi connectivity index (χ1n) is 8.85. The molecule has 1 aliphatic carbocycles. The molecule has 0 aromatic carbocycles. The summed E-state index contributed by atoms with van der Waals surface area (Å²) in [6, 6.07) is 0.0565. The van der Waals surface area contributed by atoms with Crippen LogP contribution >= 0.6 is 0 Å². The number of carbonyl (C=O) groups excluding carboxylic acids is 2. The van der Waals surface area contributed by atoms with Crippen LogP contribution in [0.5, 0.6) is 0 Å². The Morgan fingerprint density at radius 2 is 2.08 bits per heavy atom. The third-order valence-electron chi connectivity index (χ3n) is 4.61. The molecule has 2 amide bonds. The van der Waals surface area contributed by atoms with Crippen molar-refractivity contribution in [1.29, 1.82) is 0 Å². The summed E-state index contributed by atoms with van der Waals surface area (Å²) in [5.74, 6) is 0.0201. The Morgan fingerprint density at radius 3 is 2.71 bits per heavy atom. The van der Waals surface area contributed by atoms with Crippen LogP contribution in [0.3, 0.4) is 0 Å². The largest absolute Gasteiger partial charge is 0.371 e. The van der Waals surface area contributed by atoms with Crippen molar-refractivity contribution in [3.63, 3.8) is 0 Å². The zero-order valence-electron chi connectivity index (χ0n) is 14.9. The van der Waals surface area contributed by atoms with E-state index in [-0.39, 0.29) is 24.4 Å². The second-order valence-corrected chi connectivity index (χ2v) is 6.38. The Hall–Kier alpha value is -2.05. The van der Waals surface area contributed by atoms with Gasteiger partial charge >= 0.3 is 0 Å². The van der Waals surface area contributed by atoms with Gasteiger partial charge in [-0.3, -0.25) is 14.3 Å². The van der Waals surface area contributed by atoms with E-state index >= 15 is 0 Å². The number of anilines is 1. The van der Waals surface area contributed by atoms with Gasteiger partial charge in [0.15, 0.2) is 0 Å². The van der Waals surface area contributed by atoms with Crippen LogP contribution in [-0.2, 0) is 16.1 Å². The molecule has 1 heterocycles. The predicted octanol–water partition coefficient (Wildman–Crippen LogP) is 1.61. The highest BCUT2D eigenvalue weighted by Gasteiger charge is 2.27. The van der Waals surface area contributed by atoms with E-state index in [1.54, 1.807) is 24.1 Å². The van der Waals surface area contributed by atoms with Gasteiger partial charge < -0.3 is 15.5 Å². The van der Waals surface area contributed by atoms with Gasteiger partial charge in [-0.05, 0) is 26.7 Å². The molecule has 1 atom stereocenters. The van der Waals surface area contributed by atoms with Crippen molar-refractivity contribution in [3.05, 3.63) is 12.4 Å². The smallest absolute Gasteiger partial charge is 0.245 e. The lowest BCUT2D eigenvalue weighted by atomic mass is 9.94. The van der Waals surface area contributed by atoms with Gasteiger partial charge in [0, 0.05) is 25.8 Å². The fourth-order valence-electron chi connectivity index (χ4n) is 3.30. The lowest BCUT2D eigenvalue weighted by molar-refractivity contribution is -0.134. The Kier molecular flexibility index (Phi) is 6.63. The van der Waals surface area contributed by atoms with Crippen LogP contribution in [0, 0.1) is 0 Å². The van der Waals surface area contributed by atoms with Crippen LogP contribution in [0.25, 0.3) is 0 Å². The monoisotopic (exact) mass is 335 g/mol. The number of rotatable bonds is 7. The third-order valence-corrected chi connectivity index (χ3v) is 4.61. The molecule has 0 aliphatic heterocycles. The van der Waals surface area contributed by atoms with Crippen molar-refractivity contribution >= 4 is 17.5 Å². The van der Waals surface area contributed by atoms with Gasteiger partial charge in [0.2, 0.25) is 11.8 Å². The van der Waals surface area contributed by atoms with E-state index in [2.05, 4.69) is 15.7 Å². The van der Waals surface area contributed by atoms with Crippen molar-refractivity contribution in [2.75, 3.05) is 18.9 Å². The number of likely N-dealkylation sites (N-methyl/N-ethyl adjacent to an activating group) is 2. The van der Waals surface area contributed by atoms with E-state index in [1.807, 2.05) is 18.7 Å². The lowest BCUT2D eigenvalue weighted by Gasteiger charge is -2.35. The first kappa shape index (κ1) is 18.3. The average Bonchev–Trinajstić information content (AvgIpc) is 3.03. The summed E-state index contributed by atoms with van der Waals surface area (Å²) in [6.07, 6.45) is 9.30. The molecule has 1 aliphatic rings. The summed E-state index contributed by atoms with van der Waals surface area (Å²) >= 11 is 0. The van der Waals surface area contributed by atoms with Gasteiger partial charge in [0.05, 0.1) is 11.9 Å². The minimum atomic E-state index is -0.315. The Bertz CT molecular complexity index is 551. The second-order valence-electron chi connectivity index (χ2n) is 6.38. The molecule has 0 unspecified atom stereocenters. The van der Waals surface area contributed by atoms with Crippen molar-refractivity contribution in [3.8, 4) is 0 Å². The van der Waals surface area contributed by atoms with Crippen molar-refractivity contribution < 1.29 is 9.59 Å². The van der Waals surface area contributed by atoms with Crippen LogP contribution in [0.15, 0.2) is 12.4 Å². The summed E-state index contributed by atoms with van der Waals surface area (Å²) in [5, 5.41) is 9.90. The molecule has 0 spiro atoms. The number of nitrogens with one attached hydrogen (secondary N) is 2. The van der Waals surface area contributed by atoms with E-state index in [1.165, 1.54) is 19.3 Å². The molecule has 1 aromatic heterocycles. The van der Waals surface area contributed by atoms with Gasteiger partial charge in [-0.25, -0.2) is 0 Å². The molecular formula is C17H29N5O2. The molecule has 1 aromatic rings. The maximum Gasteiger partial charge on any atom is 0.245 e. The van der Waals surface area contributed by atoms with Gasteiger partial charge in [0.25, 0.3) is 0 Å². The average molecular weight is 335 g/mol. The quantitative estimate of drug-likeness (QED) is 0.793. The fraction of sp³-hybridized carbons (Fsp3) is 0.706. The van der Waals surface area contributed by atoms with E-state index < -0.39 is 0 Å².